The number of amides is 1. The number of anilines is 1. The fourth-order valence-electron chi connectivity index (χ4n) is 1.78. The van der Waals surface area contributed by atoms with E-state index in [0.717, 1.165) is 0 Å². The zero-order valence-electron chi connectivity index (χ0n) is 12.8. The van der Waals surface area contributed by atoms with E-state index in [0.29, 0.717) is 0 Å². The maximum Gasteiger partial charge on any atom is 0.344 e. The van der Waals surface area contributed by atoms with Crippen LogP contribution >= 0.6 is 0 Å². The molecule has 0 radical (unpaired) electrons. The molecule has 0 spiro atoms. The van der Waals surface area contributed by atoms with Gasteiger partial charge in [0.2, 0.25) is 0 Å². The topological polar surface area (TPSA) is 108 Å². The Balaban J connectivity index is 1.78. The largest absolute Gasteiger partial charge is 0.479 e. The predicted molar refractivity (Wildman–Crippen MR) is 84.6 cm³/mol. The molecule has 0 atom stereocenters. The molecule has 0 fully saturated rings. The van der Waals surface area contributed by atoms with Crippen LogP contribution in [0.15, 0.2) is 48.5 Å². The molecule has 8 nitrogen and oxygen atoms in total. The van der Waals surface area contributed by atoms with Crippen molar-refractivity contribution in [2.75, 3.05) is 18.5 Å². The van der Waals surface area contributed by atoms with E-state index in [4.69, 9.17) is 4.74 Å². The number of nitro groups is 1. The molecule has 0 saturated carbocycles. The van der Waals surface area contributed by atoms with Crippen LogP contribution in [0.1, 0.15) is 0 Å². The number of nitro benzene ring substituents is 1. The number of non-ortho nitro benzene ring substituents is 1. The summed E-state index contributed by atoms with van der Waals surface area (Å²) in [5.41, 5.74) is 0.00550. The predicted octanol–water partition coefficient (Wildman–Crippen LogP) is 2.29. The highest BCUT2D eigenvalue weighted by atomic mass is 19.1. The van der Waals surface area contributed by atoms with Crippen LogP contribution in [0.25, 0.3) is 0 Å². The standard InChI is InChI=1S/C16H13FN2O6/c17-13-6-1-2-7-14(13)24-10-16(21)25-9-15(20)18-11-4-3-5-12(8-11)19(22)23/h1-8H,9-10H2,(H,18,20). The van der Waals surface area contributed by atoms with Crippen LogP contribution < -0.4 is 10.1 Å². The number of ether oxygens (including phenoxy) is 2. The van der Waals surface area contributed by atoms with E-state index in [1.165, 1.54) is 48.5 Å². The number of esters is 1. The third-order valence-electron chi connectivity index (χ3n) is 2.89. The van der Waals surface area contributed by atoms with Crippen LogP contribution in [-0.2, 0) is 14.3 Å². The Kier molecular flexibility index (Phi) is 5.99. The number of rotatable bonds is 7. The first-order valence-electron chi connectivity index (χ1n) is 7.03. The van der Waals surface area contributed by atoms with Gasteiger partial charge in [0.25, 0.3) is 11.6 Å². The Morgan fingerprint density at radius 3 is 2.60 bits per heavy atom. The van der Waals surface area contributed by atoms with Crippen LogP contribution in [-0.4, -0.2) is 30.0 Å². The van der Waals surface area contributed by atoms with Gasteiger partial charge in [-0.15, -0.1) is 0 Å². The molecule has 130 valence electrons. The molecule has 9 heteroatoms. The molecule has 0 aliphatic rings. The number of hydrogen-bond donors (Lipinski definition) is 1. The molecule has 0 unspecified atom stereocenters. The van der Waals surface area contributed by atoms with Gasteiger partial charge in [0.15, 0.2) is 24.8 Å². The van der Waals surface area contributed by atoms with Crippen LogP contribution in [0.4, 0.5) is 15.8 Å². The van der Waals surface area contributed by atoms with Gasteiger partial charge >= 0.3 is 5.97 Å². The van der Waals surface area contributed by atoms with E-state index < -0.39 is 35.8 Å². The Hall–Kier alpha value is -3.49. The van der Waals surface area contributed by atoms with Crippen molar-refractivity contribution in [3.8, 4) is 5.75 Å². The fraction of sp³-hybridized carbons (Fsp3) is 0.125. The van der Waals surface area contributed by atoms with Gasteiger partial charge in [-0.3, -0.25) is 14.9 Å². The minimum Gasteiger partial charge on any atom is -0.479 e. The number of carbonyl (C=O) groups excluding carboxylic acids is 2. The third kappa shape index (κ3) is 5.57. The minimum absolute atomic E-state index is 0.111. The molecule has 0 aliphatic carbocycles. The summed E-state index contributed by atoms with van der Waals surface area (Å²) in [5, 5.41) is 13.0. The summed E-state index contributed by atoms with van der Waals surface area (Å²) >= 11 is 0. The Labute approximate surface area is 141 Å². The molecule has 0 aliphatic heterocycles. The zero-order valence-corrected chi connectivity index (χ0v) is 12.8. The summed E-state index contributed by atoms with van der Waals surface area (Å²) in [7, 11) is 0. The van der Waals surface area contributed by atoms with E-state index in [2.05, 4.69) is 10.1 Å². The van der Waals surface area contributed by atoms with Crippen LogP contribution in [0.3, 0.4) is 0 Å². The number of para-hydroxylation sites is 1. The lowest BCUT2D eigenvalue weighted by atomic mass is 10.3. The third-order valence-corrected chi connectivity index (χ3v) is 2.89. The normalized spacial score (nSPS) is 9.96. The zero-order chi connectivity index (χ0) is 18.2. The van der Waals surface area contributed by atoms with Crippen molar-refractivity contribution < 1.29 is 28.4 Å². The van der Waals surface area contributed by atoms with Crippen molar-refractivity contribution in [2.24, 2.45) is 0 Å². The maximum absolute atomic E-state index is 13.3. The molecular formula is C16H13FN2O6. The minimum atomic E-state index is -0.863. The monoisotopic (exact) mass is 348 g/mol. The molecule has 0 saturated heterocycles. The molecular weight excluding hydrogens is 335 g/mol. The number of benzene rings is 2. The molecule has 2 rings (SSSR count). The lowest BCUT2D eigenvalue weighted by molar-refractivity contribution is -0.384. The highest BCUT2D eigenvalue weighted by molar-refractivity contribution is 5.93. The lowest BCUT2D eigenvalue weighted by Crippen LogP contribution is -2.23. The van der Waals surface area contributed by atoms with Gasteiger partial charge in [-0.05, 0) is 18.2 Å². The van der Waals surface area contributed by atoms with Crippen LogP contribution in [0.5, 0.6) is 5.75 Å². The van der Waals surface area contributed by atoms with Crippen molar-refractivity contribution in [3.05, 3.63) is 64.5 Å². The molecule has 2 aromatic rings. The van der Waals surface area contributed by atoms with E-state index in [9.17, 15) is 24.1 Å². The van der Waals surface area contributed by atoms with Gasteiger partial charge in [-0.25, -0.2) is 9.18 Å². The average Bonchev–Trinajstić information content (AvgIpc) is 2.59. The molecule has 1 amide bonds. The summed E-state index contributed by atoms with van der Waals surface area (Å²) in [6, 6.07) is 10.8. The van der Waals surface area contributed by atoms with Crippen molar-refractivity contribution in [1.29, 1.82) is 0 Å². The summed E-state index contributed by atoms with van der Waals surface area (Å²) < 4.78 is 22.9. The Bertz CT molecular complexity index is 796. The van der Waals surface area contributed by atoms with Gasteiger partial charge < -0.3 is 14.8 Å². The number of hydrogen-bond acceptors (Lipinski definition) is 6. The van der Waals surface area contributed by atoms with Crippen LogP contribution in [0, 0.1) is 15.9 Å². The van der Waals surface area contributed by atoms with Gasteiger partial charge in [-0.1, -0.05) is 18.2 Å². The fourth-order valence-corrected chi connectivity index (χ4v) is 1.78. The molecule has 0 heterocycles. The van der Waals surface area contributed by atoms with Crippen LogP contribution in [0.2, 0.25) is 0 Å². The van der Waals surface area contributed by atoms with Crippen molar-refractivity contribution in [2.45, 2.75) is 0 Å². The second-order valence-corrected chi connectivity index (χ2v) is 4.74. The van der Waals surface area contributed by atoms with Gasteiger partial charge in [0.05, 0.1) is 4.92 Å². The number of carbonyl (C=O) groups is 2. The maximum atomic E-state index is 13.3. The number of halogens is 1. The van der Waals surface area contributed by atoms with Gasteiger partial charge in [-0.2, -0.15) is 0 Å². The summed E-state index contributed by atoms with van der Waals surface area (Å²) in [4.78, 5) is 33.2. The molecule has 0 aromatic heterocycles. The Morgan fingerprint density at radius 2 is 1.88 bits per heavy atom. The highest BCUT2D eigenvalue weighted by Gasteiger charge is 2.12. The molecule has 1 N–H and O–H groups in total. The quantitative estimate of drug-likeness (QED) is 0.467. The van der Waals surface area contributed by atoms with E-state index in [1.807, 2.05) is 0 Å². The molecule has 25 heavy (non-hydrogen) atoms. The summed E-state index contributed by atoms with van der Waals surface area (Å²) in [6.07, 6.45) is 0. The van der Waals surface area contributed by atoms with E-state index >= 15 is 0 Å². The second-order valence-electron chi connectivity index (χ2n) is 4.74. The summed E-state index contributed by atoms with van der Waals surface area (Å²) in [5.74, 6) is -2.28. The smallest absolute Gasteiger partial charge is 0.344 e. The molecule has 0 bridgehead atoms. The second kappa shape index (κ2) is 8.39. The summed E-state index contributed by atoms with van der Waals surface area (Å²) in [6.45, 7) is -1.17. The molecule has 2 aromatic carbocycles. The average molecular weight is 348 g/mol. The number of nitrogens with one attached hydrogen (secondary N) is 1. The van der Waals surface area contributed by atoms with Gasteiger partial charge in [0.1, 0.15) is 0 Å². The van der Waals surface area contributed by atoms with Crippen molar-refractivity contribution in [1.82, 2.24) is 0 Å². The Morgan fingerprint density at radius 1 is 1.12 bits per heavy atom. The van der Waals surface area contributed by atoms with Crippen molar-refractivity contribution in [3.63, 3.8) is 0 Å². The SMILES string of the molecule is O=C(COC(=O)COc1ccccc1F)Nc1cccc([N+](=O)[O-])c1. The lowest BCUT2D eigenvalue weighted by Gasteiger charge is -2.08. The van der Waals surface area contributed by atoms with Gasteiger partial charge in [0, 0.05) is 17.8 Å². The first-order chi connectivity index (χ1) is 12.0. The highest BCUT2D eigenvalue weighted by Crippen LogP contribution is 2.17. The van der Waals surface area contributed by atoms with E-state index in [-0.39, 0.29) is 17.1 Å². The van der Waals surface area contributed by atoms with Crippen molar-refractivity contribution >= 4 is 23.3 Å². The van der Waals surface area contributed by atoms with E-state index in [1.54, 1.807) is 0 Å². The first-order valence-corrected chi connectivity index (χ1v) is 7.03. The first kappa shape index (κ1) is 17.9. The number of nitrogens with zero attached hydrogens (tertiary/aromatic N) is 1.